The minimum absolute atomic E-state index is 0.119. The summed E-state index contributed by atoms with van der Waals surface area (Å²) in [7, 11) is 1.37. The minimum Gasteiger partial charge on any atom is -0.492 e. The van der Waals surface area contributed by atoms with E-state index < -0.39 is 12.0 Å². The standard InChI is InChI=1S/C39H48N2O5/c1-45-39(44)36(40-35-19-11-10-18-34(35)38(43)31-14-4-2-5-15-31)28-30-20-23-33(24-21-30)46-27-26-41(32-16-6-3-7-17-32)37(42)25-22-29-12-8-9-13-29/h2,4-5,10-11,14-15,18-21,23-24,29,32,36,40H,3,6-9,12-13,16-17,22,25-28H2,1H3. The van der Waals surface area contributed by atoms with Crippen LogP contribution in [0.4, 0.5) is 5.69 Å². The maximum absolute atomic E-state index is 13.3. The molecule has 2 aliphatic rings. The number of amides is 1. The van der Waals surface area contributed by atoms with Gasteiger partial charge in [0.1, 0.15) is 18.4 Å². The molecule has 244 valence electrons. The lowest BCUT2D eigenvalue weighted by Crippen LogP contribution is -2.43. The minimum atomic E-state index is -0.694. The number of hydrogen-bond donors (Lipinski definition) is 1. The fourth-order valence-corrected chi connectivity index (χ4v) is 6.97. The van der Waals surface area contributed by atoms with E-state index in [1.165, 1.54) is 52.1 Å². The Balaban J connectivity index is 1.18. The number of carbonyl (C=O) groups excluding carboxylic acids is 3. The van der Waals surface area contributed by atoms with Crippen LogP contribution in [-0.2, 0) is 20.7 Å². The Bertz CT molecular complexity index is 1410. The van der Waals surface area contributed by atoms with Crippen LogP contribution < -0.4 is 10.1 Å². The van der Waals surface area contributed by atoms with Crippen molar-refractivity contribution in [3.05, 3.63) is 95.6 Å². The van der Waals surface area contributed by atoms with Gasteiger partial charge in [-0.15, -0.1) is 0 Å². The predicted molar refractivity (Wildman–Crippen MR) is 181 cm³/mol. The van der Waals surface area contributed by atoms with Crippen molar-refractivity contribution in [1.82, 2.24) is 4.90 Å². The second kappa shape index (κ2) is 17.0. The van der Waals surface area contributed by atoms with Gasteiger partial charge in [-0.1, -0.05) is 99.5 Å². The number of ketones is 1. The molecule has 0 bridgehead atoms. The molecule has 2 aliphatic carbocycles. The van der Waals surface area contributed by atoms with Gasteiger partial charge >= 0.3 is 5.97 Å². The van der Waals surface area contributed by atoms with Gasteiger partial charge in [-0.3, -0.25) is 9.59 Å². The highest BCUT2D eigenvalue weighted by molar-refractivity contribution is 6.12. The summed E-state index contributed by atoms with van der Waals surface area (Å²) in [4.78, 5) is 41.5. The first-order valence-corrected chi connectivity index (χ1v) is 17.1. The molecule has 0 saturated heterocycles. The van der Waals surface area contributed by atoms with Crippen molar-refractivity contribution in [2.75, 3.05) is 25.6 Å². The smallest absolute Gasteiger partial charge is 0.328 e. The van der Waals surface area contributed by atoms with Gasteiger partial charge in [0.2, 0.25) is 5.91 Å². The van der Waals surface area contributed by atoms with Crippen LogP contribution in [0, 0.1) is 5.92 Å². The van der Waals surface area contributed by atoms with Gasteiger partial charge in [-0.25, -0.2) is 4.79 Å². The maximum Gasteiger partial charge on any atom is 0.328 e. The number of para-hydroxylation sites is 1. The molecular weight excluding hydrogens is 576 g/mol. The lowest BCUT2D eigenvalue weighted by molar-refractivity contribution is -0.141. The topological polar surface area (TPSA) is 84.9 Å². The number of esters is 1. The fraction of sp³-hybridized carbons (Fsp3) is 0.462. The zero-order valence-corrected chi connectivity index (χ0v) is 27.1. The van der Waals surface area contributed by atoms with Crippen LogP contribution in [-0.4, -0.2) is 54.9 Å². The van der Waals surface area contributed by atoms with Gasteiger partial charge in [0.05, 0.1) is 13.7 Å². The van der Waals surface area contributed by atoms with E-state index in [0.717, 1.165) is 30.6 Å². The Kier molecular flexibility index (Phi) is 12.3. The molecule has 0 heterocycles. The third kappa shape index (κ3) is 9.21. The Morgan fingerprint density at radius 2 is 1.50 bits per heavy atom. The first kappa shape index (κ1) is 33.2. The third-order valence-electron chi connectivity index (χ3n) is 9.56. The molecule has 0 aromatic heterocycles. The third-order valence-corrected chi connectivity index (χ3v) is 9.56. The molecule has 3 aromatic rings. The lowest BCUT2D eigenvalue weighted by Gasteiger charge is -2.34. The van der Waals surface area contributed by atoms with Crippen molar-refractivity contribution < 1.29 is 23.9 Å². The second-order valence-corrected chi connectivity index (χ2v) is 12.7. The Hall–Kier alpha value is -4.13. The van der Waals surface area contributed by atoms with Gasteiger partial charge < -0.3 is 19.7 Å². The molecule has 3 aromatic carbocycles. The Morgan fingerprint density at radius 1 is 0.826 bits per heavy atom. The highest BCUT2D eigenvalue weighted by atomic mass is 16.5. The van der Waals surface area contributed by atoms with Crippen molar-refractivity contribution >= 4 is 23.3 Å². The average Bonchev–Trinajstić information content (AvgIpc) is 3.64. The largest absolute Gasteiger partial charge is 0.492 e. The molecule has 0 spiro atoms. The zero-order valence-electron chi connectivity index (χ0n) is 27.1. The van der Waals surface area contributed by atoms with Crippen molar-refractivity contribution in [3.8, 4) is 5.75 Å². The van der Waals surface area contributed by atoms with Crippen LogP contribution >= 0.6 is 0 Å². The number of rotatable bonds is 15. The van der Waals surface area contributed by atoms with Crippen LogP contribution in [0.15, 0.2) is 78.9 Å². The normalized spacial score (nSPS) is 16.0. The van der Waals surface area contributed by atoms with Crippen molar-refractivity contribution in [3.63, 3.8) is 0 Å². The summed E-state index contributed by atoms with van der Waals surface area (Å²) in [5.74, 6) is 1.19. The number of ether oxygens (including phenoxy) is 2. The first-order chi connectivity index (χ1) is 22.5. The maximum atomic E-state index is 13.3. The fourth-order valence-electron chi connectivity index (χ4n) is 6.97. The van der Waals surface area contributed by atoms with Crippen LogP contribution in [0.3, 0.4) is 0 Å². The monoisotopic (exact) mass is 624 g/mol. The average molecular weight is 625 g/mol. The molecule has 0 aliphatic heterocycles. The molecule has 2 fully saturated rings. The second-order valence-electron chi connectivity index (χ2n) is 12.7. The van der Waals surface area contributed by atoms with Crippen LogP contribution in [0.1, 0.15) is 92.1 Å². The molecule has 5 rings (SSSR count). The van der Waals surface area contributed by atoms with Crippen LogP contribution in [0.5, 0.6) is 5.75 Å². The van der Waals surface area contributed by atoms with E-state index in [-0.39, 0.29) is 11.7 Å². The number of benzene rings is 3. The van der Waals surface area contributed by atoms with Crippen molar-refractivity contribution in [2.45, 2.75) is 89.1 Å². The van der Waals surface area contributed by atoms with E-state index in [1.807, 2.05) is 54.6 Å². The highest BCUT2D eigenvalue weighted by Gasteiger charge is 2.27. The Labute approximate surface area is 273 Å². The number of methoxy groups -OCH3 is 1. The summed E-state index contributed by atoms with van der Waals surface area (Å²) in [5.41, 5.74) is 2.57. The highest BCUT2D eigenvalue weighted by Crippen LogP contribution is 2.30. The number of anilines is 1. The number of nitrogens with one attached hydrogen (secondary N) is 1. The summed E-state index contributed by atoms with van der Waals surface area (Å²) in [6, 6.07) is 23.6. The van der Waals surface area contributed by atoms with Gasteiger partial charge in [0, 0.05) is 35.7 Å². The molecule has 2 saturated carbocycles. The quantitative estimate of drug-likeness (QED) is 0.138. The van der Waals surface area contributed by atoms with Gasteiger partial charge in [-0.05, 0) is 55.0 Å². The van der Waals surface area contributed by atoms with Crippen molar-refractivity contribution in [1.29, 1.82) is 0 Å². The van der Waals surface area contributed by atoms with E-state index in [9.17, 15) is 14.4 Å². The summed E-state index contributed by atoms with van der Waals surface area (Å²) in [6.07, 6.45) is 13.0. The number of nitrogens with zero attached hydrogens (tertiary/aromatic N) is 1. The molecule has 7 heteroatoms. The van der Waals surface area contributed by atoms with E-state index >= 15 is 0 Å². The molecule has 1 unspecified atom stereocenters. The number of hydrogen-bond acceptors (Lipinski definition) is 6. The molecule has 1 atom stereocenters. The summed E-state index contributed by atoms with van der Waals surface area (Å²) >= 11 is 0. The van der Waals surface area contributed by atoms with Crippen molar-refractivity contribution in [2.24, 2.45) is 5.92 Å². The van der Waals surface area contributed by atoms with Gasteiger partial charge in [0.15, 0.2) is 5.78 Å². The summed E-state index contributed by atoms with van der Waals surface area (Å²) in [6.45, 7) is 1.05. The Morgan fingerprint density at radius 3 is 2.22 bits per heavy atom. The first-order valence-electron chi connectivity index (χ1n) is 17.1. The molecule has 0 radical (unpaired) electrons. The molecule has 1 amide bonds. The SMILES string of the molecule is COC(=O)C(Cc1ccc(OCCN(C(=O)CCC2CCCC2)C2CCCCC2)cc1)Nc1ccccc1C(=O)c1ccccc1. The predicted octanol–water partition coefficient (Wildman–Crippen LogP) is 7.62. The summed E-state index contributed by atoms with van der Waals surface area (Å²) < 4.78 is 11.2. The molecular formula is C39H48N2O5. The van der Waals surface area contributed by atoms with Crippen LogP contribution in [0.2, 0.25) is 0 Å². The van der Waals surface area contributed by atoms with E-state index in [2.05, 4.69) is 10.2 Å². The van der Waals surface area contributed by atoms with Gasteiger partial charge in [-0.2, -0.15) is 0 Å². The number of carbonyl (C=O) groups is 3. The lowest BCUT2D eigenvalue weighted by atomic mass is 9.93. The van der Waals surface area contributed by atoms with E-state index in [1.54, 1.807) is 24.3 Å². The zero-order chi connectivity index (χ0) is 32.1. The molecule has 46 heavy (non-hydrogen) atoms. The molecule has 7 nitrogen and oxygen atoms in total. The van der Waals surface area contributed by atoms with Gasteiger partial charge in [0.25, 0.3) is 0 Å². The summed E-state index contributed by atoms with van der Waals surface area (Å²) in [5, 5.41) is 3.26. The van der Waals surface area contributed by atoms with E-state index in [4.69, 9.17) is 9.47 Å². The van der Waals surface area contributed by atoms with Crippen LogP contribution in [0.25, 0.3) is 0 Å². The molecule has 1 N–H and O–H groups in total. The van der Waals surface area contributed by atoms with E-state index in [0.29, 0.717) is 54.8 Å².